The van der Waals surface area contributed by atoms with Crippen molar-refractivity contribution in [1.29, 1.82) is 0 Å². The first kappa shape index (κ1) is 26.4. The molecule has 0 radical (unpaired) electrons. The molecule has 37 heavy (non-hydrogen) atoms. The molecule has 2 amide bonds. The van der Waals surface area contributed by atoms with Gasteiger partial charge < -0.3 is 20.6 Å². The van der Waals surface area contributed by atoms with Crippen LogP contribution in [0.4, 0.5) is 0 Å². The Balaban J connectivity index is 1.22. The lowest BCUT2D eigenvalue weighted by Gasteiger charge is -2.59. The molecule has 3 saturated carbocycles. The Hall–Kier alpha value is -2.22. The van der Waals surface area contributed by atoms with E-state index < -0.39 is 11.6 Å². The molecule has 1 saturated heterocycles. The van der Waals surface area contributed by atoms with Crippen LogP contribution >= 0.6 is 0 Å². The van der Waals surface area contributed by atoms with Crippen molar-refractivity contribution in [2.24, 2.45) is 33.7 Å². The van der Waals surface area contributed by atoms with E-state index in [4.69, 9.17) is 4.84 Å². The van der Waals surface area contributed by atoms with Crippen molar-refractivity contribution in [3.63, 3.8) is 0 Å². The van der Waals surface area contributed by atoms with E-state index in [1.54, 1.807) is 6.92 Å². The Bertz CT molecular complexity index is 1020. The van der Waals surface area contributed by atoms with Crippen LogP contribution in [0.15, 0.2) is 16.8 Å². The fourth-order valence-electron chi connectivity index (χ4n) is 8.72. The molecule has 8 heteroatoms. The molecule has 7 atom stereocenters. The molecule has 5 aliphatic rings. The quantitative estimate of drug-likeness (QED) is 0.487. The van der Waals surface area contributed by atoms with E-state index in [-0.39, 0.29) is 35.0 Å². The van der Waals surface area contributed by atoms with Crippen LogP contribution in [-0.2, 0) is 19.2 Å². The van der Waals surface area contributed by atoms with Gasteiger partial charge in [-0.25, -0.2) is 0 Å². The van der Waals surface area contributed by atoms with Crippen molar-refractivity contribution < 1.29 is 24.3 Å². The van der Waals surface area contributed by atoms with Crippen molar-refractivity contribution >= 4 is 23.3 Å². The molecule has 204 valence electrons. The van der Waals surface area contributed by atoms with Gasteiger partial charge in [0.2, 0.25) is 5.91 Å². The lowest BCUT2D eigenvalue weighted by molar-refractivity contribution is -0.159. The van der Waals surface area contributed by atoms with Gasteiger partial charge in [-0.05, 0) is 107 Å². The minimum atomic E-state index is -1.17. The van der Waals surface area contributed by atoms with Gasteiger partial charge in [0.25, 0.3) is 5.91 Å². The maximum Gasteiger partial charge on any atom is 0.261 e. The molecule has 4 fully saturated rings. The van der Waals surface area contributed by atoms with Crippen LogP contribution in [0.2, 0.25) is 0 Å². The lowest BCUT2D eigenvalue weighted by atomic mass is 9.46. The zero-order valence-electron chi connectivity index (χ0n) is 22.6. The molecule has 3 N–H and O–H groups in total. The van der Waals surface area contributed by atoms with Gasteiger partial charge in [-0.1, -0.05) is 24.6 Å². The second kappa shape index (κ2) is 9.83. The number of nitrogens with one attached hydrogen (secondary N) is 2. The second-order valence-corrected chi connectivity index (χ2v) is 12.7. The van der Waals surface area contributed by atoms with Gasteiger partial charge in [0.05, 0.1) is 5.71 Å². The first-order valence-corrected chi connectivity index (χ1v) is 14.3. The van der Waals surface area contributed by atoms with E-state index >= 15 is 0 Å². The predicted octanol–water partition coefficient (Wildman–Crippen LogP) is 3.43. The van der Waals surface area contributed by atoms with Crippen molar-refractivity contribution in [3.05, 3.63) is 11.6 Å². The van der Waals surface area contributed by atoms with Gasteiger partial charge in [0.15, 0.2) is 12.4 Å². The molecule has 0 aromatic heterocycles. The van der Waals surface area contributed by atoms with Crippen LogP contribution < -0.4 is 10.6 Å². The number of allylic oxidation sites excluding steroid dienone is 2. The predicted molar refractivity (Wildman–Crippen MR) is 140 cm³/mol. The number of carbonyl (C=O) groups is 3. The Morgan fingerprint density at radius 1 is 1.11 bits per heavy atom. The summed E-state index contributed by atoms with van der Waals surface area (Å²) >= 11 is 0. The average molecular weight is 514 g/mol. The summed E-state index contributed by atoms with van der Waals surface area (Å²) in [6.07, 6.45) is 12.0. The fourth-order valence-corrected chi connectivity index (χ4v) is 8.72. The molecule has 5 rings (SSSR count). The molecular weight excluding hydrogens is 470 g/mol. The van der Waals surface area contributed by atoms with Crippen molar-refractivity contribution in [2.75, 3.05) is 13.2 Å². The molecule has 1 heterocycles. The van der Waals surface area contributed by atoms with Gasteiger partial charge in [0, 0.05) is 12.0 Å². The number of aliphatic hydroxyl groups is 1. The molecular formula is C29H43N3O5. The van der Waals surface area contributed by atoms with E-state index in [1.807, 2.05) is 0 Å². The van der Waals surface area contributed by atoms with Gasteiger partial charge >= 0.3 is 0 Å². The van der Waals surface area contributed by atoms with E-state index in [9.17, 15) is 19.5 Å². The number of rotatable bonds is 5. The van der Waals surface area contributed by atoms with Gasteiger partial charge in [-0.15, -0.1) is 0 Å². The fraction of sp³-hybridized carbons (Fsp3) is 0.793. The van der Waals surface area contributed by atoms with E-state index in [1.165, 1.54) is 5.57 Å². The normalized spacial score (nSPS) is 42.4. The van der Waals surface area contributed by atoms with Crippen LogP contribution in [0, 0.1) is 28.6 Å². The van der Waals surface area contributed by atoms with E-state index in [0.29, 0.717) is 37.1 Å². The topological polar surface area (TPSA) is 117 Å². The Kier molecular flexibility index (Phi) is 7.01. The first-order chi connectivity index (χ1) is 17.6. The molecule has 1 aliphatic heterocycles. The van der Waals surface area contributed by atoms with Gasteiger partial charge in [-0.2, -0.15) is 0 Å². The molecule has 8 nitrogen and oxygen atoms in total. The van der Waals surface area contributed by atoms with Gasteiger partial charge in [0.1, 0.15) is 11.6 Å². The summed E-state index contributed by atoms with van der Waals surface area (Å²) in [4.78, 5) is 42.2. The highest BCUT2D eigenvalue weighted by atomic mass is 16.6. The molecule has 0 aromatic rings. The van der Waals surface area contributed by atoms with Crippen LogP contribution in [0.3, 0.4) is 0 Å². The van der Waals surface area contributed by atoms with Crippen LogP contribution in [0.1, 0.15) is 91.4 Å². The maximum atomic E-state index is 12.4. The summed E-state index contributed by atoms with van der Waals surface area (Å²) < 4.78 is 0. The number of fused-ring (bicyclic) bond motifs is 5. The monoisotopic (exact) mass is 513 g/mol. The Morgan fingerprint density at radius 3 is 2.68 bits per heavy atom. The highest BCUT2D eigenvalue weighted by molar-refractivity contribution is 5.96. The van der Waals surface area contributed by atoms with Crippen LogP contribution in [0.25, 0.3) is 0 Å². The second-order valence-electron chi connectivity index (χ2n) is 12.7. The Morgan fingerprint density at radius 2 is 1.89 bits per heavy atom. The number of hydrogen-bond acceptors (Lipinski definition) is 6. The molecule has 4 aliphatic carbocycles. The third-order valence-electron chi connectivity index (χ3n) is 11.0. The summed E-state index contributed by atoms with van der Waals surface area (Å²) in [6, 6.07) is -0.498. The van der Waals surface area contributed by atoms with Crippen molar-refractivity contribution in [3.8, 4) is 0 Å². The minimum Gasteiger partial charge on any atom is -0.385 e. The van der Waals surface area contributed by atoms with Gasteiger partial charge in [-0.3, -0.25) is 14.4 Å². The number of nitrogens with zero attached hydrogens (tertiary/aromatic N) is 1. The Labute approximate surface area is 220 Å². The minimum absolute atomic E-state index is 0.0664. The highest BCUT2D eigenvalue weighted by Gasteiger charge is 2.65. The first-order valence-electron chi connectivity index (χ1n) is 14.3. The summed E-state index contributed by atoms with van der Waals surface area (Å²) in [5, 5.41) is 21.2. The smallest absolute Gasteiger partial charge is 0.261 e. The third kappa shape index (κ3) is 4.43. The summed E-state index contributed by atoms with van der Waals surface area (Å²) in [6.45, 7) is 6.58. The van der Waals surface area contributed by atoms with Crippen LogP contribution in [0.5, 0.6) is 0 Å². The molecule has 0 spiro atoms. The van der Waals surface area contributed by atoms with Crippen molar-refractivity contribution in [1.82, 2.24) is 10.6 Å². The zero-order chi connectivity index (χ0) is 26.4. The number of ketones is 1. The number of Topliss-reactive ketones (excluding diaryl/α,β-unsaturated/α-hetero) is 1. The molecule has 4 unspecified atom stereocenters. The van der Waals surface area contributed by atoms with E-state index in [2.05, 4.69) is 35.7 Å². The summed E-state index contributed by atoms with van der Waals surface area (Å²) in [5.74, 6) is 0.963. The lowest BCUT2D eigenvalue weighted by Crippen LogP contribution is -2.57. The van der Waals surface area contributed by atoms with Crippen LogP contribution in [-0.4, -0.2) is 53.2 Å². The maximum absolute atomic E-state index is 12.4. The summed E-state index contributed by atoms with van der Waals surface area (Å²) in [7, 11) is 0. The number of amides is 2. The highest BCUT2D eigenvalue weighted by Crippen LogP contribution is 2.67. The SMILES string of the molecule is CC(=O)[C@@]1(O)CCC2C3CCC4=C/C(=N\OCC(=O)NC5CCCCNC5=O)CC[C@]4(C)C3CC[C@@]21C. The summed E-state index contributed by atoms with van der Waals surface area (Å²) in [5.41, 5.74) is 0.911. The zero-order valence-corrected chi connectivity index (χ0v) is 22.6. The molecule has 0 aromatic carbocycles. The average Bonchev–Trinajstić information content (AvgIpc) is 2.99. The number of hydrogen-bond donors (Lipinski definition) is 3. The number of oxime groups is 1. The van der Waals surface area contributed by atoms with E-state index in [0.717, 1.165) is 63.5 Å². The molecule has 0 bridgehead atoms. The largest absolute Gasteiger partial charge is 0.385 e. The third-order valence-corrected chi connectivity index (χ3v) is 11.0. The standard InChI is InChI=1S/C29H43N3O5/c1-18(33)29(36)14-11-23-21-8-7-19-16-20(9-12-27(19,2)22(21)10-13-28(23,29)3)32-37-17-25(34)31-24-6-4-5-15-30-26(24)35/h16,21-24,36H,4-15,17H2,1-3H3,(H,30,35)(H,31,34)/b32-20-/t21?,22?,23?,24?,27-,28-,29-/m0/s1. The number of carbonyl (C=O) groups excluding carboxylic acids is 3. The van der Waals surface area contributed by atoms with Crippen molar-refractivity contribution in [2.45, 2.75) is 103 Å².